The van der Waals surface area contributed by atoms with Crippen LogP contribution in [0.25, 0.3) is 122 Å². The van der Waals surface area contributed by atoms with Crippen LogP contribution in [-0.4, -0.2) is 0 Å². The Hall–Kier alpha value is -10.3. The highest BCUT2D eigenvalue weighted by atomic mass is 16.3. The minimum Gasteiger partial charge on any atom is -0.456 e. The second kappa shape index (κ2) is 19.8. The monoisotopic (exact) mass is 1030 g/mol. The van der Waals surface area contributed by atoms with Gasteiger partial charge in [0, 0.05) is 10.8 Å². The number of hydrogen-bond donors (Lipinski definition) is 0. The lowest BCUT2D eigenvalue weighted by Gasteiger charge is -2.35. The summed E-state index contributed by atoms with van der Waals surface area (Å²) < 4.78 is 6.81. The molecule has 0 atom stereocenters. The van der Waals surface area contributed by atoms with E-state index in [-0.39, 0.29) is 0 Å². The molecule has 0 aliphatic heterocycles. The molecule has 0 radical (unpaired) electrons. The van der Waals surface area contributed by atoms with Crippen molar-refractivity contribution in [1.29, 1.82) is 0 Å². The summed E-state index contributed by atoms with van der Waals surface area (Å²) in [7, 11) is 0. The number of benzene rings is 13. The van der Waals surface area contributed by atoms with Gasteiger partial charge in [0.1, 0.15) is 11.2 Å². The number of aryl methyl sites for hydroxylation is 1. The Morgan fingerprint density at radius 1 is 0.235 bits per heavy atom. The molecule has 0 fully saturated rings. The highest BCUT2D eigenvalue weighted by Crippen LogP contribution is 2.61. The maximum Gasteiger partial charge on any atom is 0.136 e. The summed E-state index contributed by atoms with van der Waals surface area (Å²) in [6, 6.07) is 114. The summed E-state index contributed by atoms with van der Waals surface area (Å²) in [5.41, 5.74) is 28.1. The van der Waals surface area contributed by atoms with Crippen molar-refractivity contribution in [2.45, 2.75) is 12.3 Å². The quantitative estimate of drug-likeness (QED) is 0.133. The highest BCUT2D eigenvalue weighted by molar-refractivity contribution is 6.16. The Morgan fingerprint density at radius 2 is 0.556 bits per heavy atom. The largest absolute Gasteiger partial charge is 0.456 e. The van der Waals surface area contributed by atoms with Gasteiger partial charge >= 0.3 is 0 Å². The molecule has 1 nitrogen and oxygen atoms in total. The first kappa shape index (κ1) is 47.8. The Kier molecular flexibility index (Phi) is 11.7. The minimum absolute atomic E-state index is 0.860. The molecule has 1 heterocycles. The number of furan rings is 1. The average Bonchev–Trinajstić information content (AvgIpc) is 2.37. The van der Waals surface area contributed by atoms with Crippen LogP contribution in [-0.2, 0) is 5.41 Å². The first-order chi connectivity index (χ1) is 40.0. The zero-order chi connectivity index (χ0) is 53.9. The van der Waals surface area contributed by atoms with E-state index < -0.39 is 5.41 Å². The van der Waals surface area contributed by atoms with E-state index in [1.165, 1.54) is 83.5 Å². The van der Waals surface area contributed by atoms with Crippen LogP contribution >= 0.6 is 0 Å². The van der Waals surface area contributed by atoms with Crippen molar-refractivity contribution in [2.24, 2.45) is 0 Å². The average molecular weight is 1030 g/mol. The summed E-state index contributed by atoms with van der Waals surface area (Å²) in [6.07, 6.45) is 0. The lowest BCUT2D eigenvalue weighted by atomic mass is 9.66. The lowest BCUT2D eigenvalue weighted by molar-refractivity contribution is 0.668. The first-order valence-corrected chi connectivity index (χ1v) is 28.0. The van der Waals surface area contributed by atoms with Crippen LogP contribution in [0.2, 0.25) is 0 Å². The third-order valence-electron chi connectivity index (χ3n) is 16.8. The third kappa shape index (κ3) is 8.33. The molecule has 0 saturated heterocycles. The van der Waals surface area contributed by atoms with Crippen LogP contribution in [0.4, 0.5) is 0 Å². The van der Waals surface area contributed by atoms with Crippen LogP contribution in [0, 0.1) is 6.92 Å². The number of rotatable bonds is 10. The molecule has 0 bridgehead atoms. The van der Waals surface area contributed by atoms with Gasteiger partial charge in [-0.1, -0.05) is 237 Å². The van der Waals surface area contributed by atoms with E-state index in [1.54, 1.807) is 0 Å². The van der Waals surface area contributed by atoms with Gasteiger partial charge in [-0.2, -0.15) is 0 Å². The van der Waals surface area contributed by atoms with E-state index in [0.29, 0.717) is 0 Å². The van der Waals surface area contributed by atoms with Gasteiger partial charge in [-0.15, -0.1) is 0 Å². The van der Waals surface area contributed by atoms with Crippen LogP contribution in [0.3, 0.4) is 0 Å². The fourth-order valence-corrected chi connectivity index (χ4v) is 13.0. The van der Waals surface area contributed by atoms with Gasteiger partial charge in [-0.05, 0) is 208 Å². The van der Waals surface area contributed by atoms with E-state index in [2.05, 4.69) is 316 Å². The van der Waals surface area contributed by atoms with Crippen LogP contribution < -0.4 is 0 Å². The Bertz CT molecular complexity index is 4270. The SMILES string of the molecule is Cc1cccc2c1-c1c(ccc3oc4ccccc4c13)C2(c1cc(-c2cccc(-c3ccccc3)c2)cc(-c2cccc(-c3ccccc3)c2)c1)c1cc(-c2cccc(-c3ccccc3)c2)cc(-c2cccc(-c3ccccc3)c2)c1. The van der Waals surface area contributed by atoms with Crippen molar-refractivity contribution in [3.63, 3.8) is 0 Å². The molecule has 1 aliphatic carbocycles. The predicted molar refractivity (Wildman–Crippen MR) is 339 cm³/mol. The molecule has 380 valence electrons. The van der Waals surface area contributed by atoms with Gasteiger partial charge in [-0.25, -0.2) is 0 Å². The van der Waals surface area contributed by atoms with Gasteiger partial charge in [0.15, 0.2) is 0 Å². The molecule has 81 heavy (non-hydrogen) atoms. The third-order valence-corrected chi connectivity index (χ3v) is 16.8. The van der Waals surface area contributed by atoms with E-state index in [0.717, 1.165) is 66.4 Å². The molecule has 1 aliphatic rings. The lowest BCUT2D eigenvalue weighted by Crippen LogP contribution is -2.29. The second-order valence-corrected chi connectivity index (χ2v) is 21.6. The Morgan fingerprint density at radius 3 is 0.963 bits per heavy atom. The van der Waals surface area contributed by atoms with Crippen LogP contribution in [0.5, 0.6) is 0 Å². The highest BCUT2D eigenvalue weighted by Gasteiger charge is 2.48. The summed E-state index contributed by atoms with van der Waals surface area (Å²) >= 11 is 0. The molecule has 13 aromatic carbocycles. The molecule has 0 unspecified atom stereocenters. The van der Waals surface area contributed by atoms with Gasteiger partial charge in [-0.3, -0.25) is 0 Å². The normalized spacial score (nSPS) is 12.4. The molecule has 1 aromatic heterocycles. The van der Waals surface area contributed by atoms with Gasteiger partial charge in [0.2, 0.25) is 0 Å². The van der Waals surface area contributed by atoms with Crippen molar-refractivity contribution in [2.75, 3.05) is 0 Å². The molecule has 0 N–H and O–H groups in total. The number of hydrogen-bond acceptors (Lipinski definition) is 1. The molecule has 0 saturated carbocycles. The molecule has 0 spiro atoms. The van der Waals surface area contributed by atoms with Gasteiger partial charge in [0.25, 0.3) is 0 Å². The number of para-hydroxylation sites is 1. The molecular formula is C80H54O. The standard InChI is InChI=1S/C80H54O/c1-53-21-16-39-73-77(53)79-74(41-42-76-78(79)72-38-14-15-40-75(72)81-76)80(73,70-49-66(62-34-17-30-58(43-62)54-22-6-2-7-23-54)47-67(50-70)63-35-18-31-59(44-63)55-24-8-3-9-25-55)71-51-68(64-36-19-32-60(45-64)56-26-10-4-11-27-56)48-69(52-71)65-37-20-33-61(46-65)57-28-12-5-13-29-57/h2-52H,1H3. The molecule has 15 rings (SSSR count). The molecular weight excluding hydrogens is 977 g/mol. The summed E-state index contributed by atoms with van der Waals surface area (Å²) in [5, 5.41) is 2.26. The zero-order valence-electron chi connectivity index (χ0n) is 44.9. The fraction of sp³-hybridized carbons (Fsp3) is 0.0250. The maximum absolute atomic E-state index is 6.81. The van der Waals surface area contributed by atoms with E-state index in [9.17, 15) is 0 Å². The number of fused-ring (bicyclic) bond motifs is 7. The minimum atomic E-state index is -0.860. The smallest absolute Gasteiger partial charge is 0.136 e. The van der Waals surface area contributed by atoms with Crippen LogP contribution in [0.15, 0.2) is 314 Å². The Labute approximate surface area is 473 Å². The topological polar surface area (TPSA) is 13.1 Å². The van der Waals surface area contributed by atoms with Gasteiger partial charge < -0.3 is 4.42 Å². The van der Waals surface area contributed by atoms with Crippen molar-refractivity contribution in [1.82, 2.24) is 0 Å². The van der Waals surface area contributed by atoms with E-state index in [4.69, 9.17) is 4.42 Å². The van der Waals surface area contributed by atoms with Gasteiger partial charge in [0.05, 0.1) is 5.41 Å². The summed E-state index contributed by atoms with van der Waals surface area (Å²) in [6.45, 7) is 2.29. The van der Waals surface area contributed by atoms with Crippen molar-refractivity contribution >= 4 is 21.9 Å². The van der Waals surface area contributed by atoms with Crippen molar-refractivity contribution < 1.29 is 4.42 Å². The van der Waals surface area contributed by atoms with Crippen molar-refractivity contribution in [3.8, 4) is 100 Å². The van der Waals surface area contributed by atoms with E-state index >= 15 is 0 Å². The fourth-order valence-electron chi connectivity index (χ4n) is 13.0. The van der Waals surface area contributed by atoms with E-state index in [1.807, 2.05) is 0 Å². The summed E-state index contributed by atoms with van der Waals surface area (Å²) in [5.74, 6) is 0. The zero-order valence-corrected chi connectivity index (χ0v) is 44.9. The van der Waals surface area contributed by atoms with Crippen LogP contribution in [0.1, 0.15) is 27.8 Å². The molecule has 0 amide bonds. The predicted octanol–water partition coefficient (Wildman–Crippen LogP) is 21.6. The summed E-state index contributed by atoms with van der Waals surface area (Å²) in [4.78, 5) is 0. The first-order valence-electron chi connectivity index (χ1n) is 28.0. The van der Waals surface area contributed by atoms with Crippen molar-refractivity contribution in [3.05, 3.63) is 337 Å². The molecule has 1 heteroatoms. The molecule has 14 aromatic rings. The Balaban J connectivity index is 1.08. The maximum atomic E-state index is 6.81. The second-order valence-electron chi connectivity index (χ2n) is 21.6.